The summed E-state index contributed by atoms with van der Waals surface area (Å²) in [5.41, 5.74) is 5.66. The molecule has 0 aliphatic carbocycles. The molecule has 4 heteroatoms. The van der Waals surface area contributed by atoms with Crippen LogP contribution in [0.15, 0.2) is 42.6 Å². The standard InChI is InChI=1S/C16H17N3O/c1-11-4-5-12(2)19(11)18-16-15-7-6-14(20-3)10-13(15)8-9-17-16/h4-10H,1-3H3,(H,17,18). The van der Waals surface area contributed by atoms with Crippen molar-refractivity contribution in [1.82, 2.24) is 9.66 Å². The summed E-state index contributed by atoms with van der Waals surface area (Å²) in [6, 6.07) is 12.1. The van der Waals surface area contributed by atoms with E-state index < -0.39 is 0 Å². The summed E-state index contributed by atoms with van der Waals surface area (Å²) in [5, 5.41) is 2.17. The van der Waals surface area contributed by atoms with E-state index in [0.29, 0.717) is 0 Å². The molecular formula is C16H17N3O. The number of aryl methyl sites for hydroxylation is 2. The molecule has 20 heavy (non-hydrogen) atoms. The minimum Gasteiger partial charge on any atom is -0.497 e. The number of nitrogens with one attached hydrogen (secondary N) is 1. The number of aromatic nitrogens is 2. The Morgan fingerprint density at radius 1 is 1.05 bits per heavy atom. The zero-order valence-corrected chi connectivity index (χ0v) is 11.8. The fourth-order valence-corrected chi connectivity index (χ4v) is 2.32. The molecule has 0 fully saturated rings. The van der Waals surface area contributed by atoms with Gasteiger partial charge in [0.05, 0.1) is 7.11 Å². The highest BCUT2D eigenvalue weighted by Gasteiger charge is 2.06. The van der Waals surface area contributed by atoms with Gasteiger partial charge in [0.1, 0.15) is 5.75 Å². The number of benzene rings is 1. The fourth-order valence-electron chi connectivity index (χ4n) is 2.32. The van der Waals surface area contributed by atoms with Gasteiger partial charge in [0.2, 0.25) is 0 Å². The van der Waals surface area contributed by atoms with Crippen LogP contribution in [-0.2, 0) is 0 Å². The zero-order chi connectivity index (χ0) is 14.1. The van der Waals surface area contributed by atoms with E-state index in [0.717, 1.165) is 33.7 Å². The molecule has 0 bridgehead atoms. The number of rotatable bonds is 3. The van der Waals surface area contributed by atoms with Crippen LogP contribution in [0.5, 0.6) is 5.75 Å². The van der Waals surface area contributed by atoms with Gasteiger partial charge in [-0.3, -0.25) is 10.1 Å². The highest BCUT2D eigenvalue weighted by Crippen LogP contribution is 2.25. The molecule has 0 spiro atoms. The van der Waals surface area contributed by atoms with Crippen LogP contribution >= 0.6 is 0 Å². The van der Waals surface area contributed by atoms with Gasteiger partial charge < -0.3 is 4.74 Å². The van der Waals surface area contributed by atoms with Gasteiger partial charge in [0.25, 0.3) is 0 Å². The third kappa shape index (κ3) is 2.09. The van der Waals surface area contributed by atoms with Crippen LogP contribution in [0.4, 0.5) is 5.82 Å². The summed E-state index contributed by atoms with van der Waals surface area (Å²) in [6.07, 6.45) is 1.80. The molecule has 1 N–H and O–H groups in total. The maximum atomic E-state index is 5.26. The number of anilines is 1. The average Bonchev–Trinajstić information content (AvgIpc) is 2.79. The average molecular weight is 267 g/mol. The van der Waals surface area contributed by atoms with Gasteiger partial charge in [-0.25, -0.2) is 4.98 Å². The number of hydrogen-bond donors (Lipinski definition) is 1. The van der Waals surface area contributed by atoms with Gasteiger partial charge in [0, 0.05) is 23.0 Å². The quantitative estimate of drug-likeness (QED) is 0.789. The highest BCUT2D eigenvalue weighted by molar-refractivity contribution is 5.92. The van der Waals surface area contributed by atoms with E-state index in [4.69, 9.17) is 4.74 Å². The number of ether oxygens (including phenoxy) is 1. The minimum absolute atomic E-state index is 0.840. The first-order valence-electron chi connectivity index (χ1n) is 6.54. The van der Waals surface area contributed by atoms with Gasteiger partial charge in [-0.1, -0.05) is 0 Å². The molecule has 3 rings (SSSR count). The Morgan fingerprint density at radius 3 is 2.50 bits per heavy atom. The summed E-state index contributed by atoms with van der Waals surface area (Å²) in [7, 11) is 1.67. The molecule has 3 aromatic rings. The van der Waals surface area contributed by atoms with Crippen molar-refractivity contribution >= 4 is 16.6 Å². The molecule has 0 atom stereocenters. The molecule has 0 amide bonds. The van der Waals surface area contributed by atoms with Gasteiger partial charge in [-0.15, -0.1) is 0 Å². The maximum absolute atomic E-state index is 5.26. The SMILES string of the molecule is COc1ccc2c(Nn3c(C)ccc3C)nccc2c1. The molecule has 0 aliphatic heterocycles. The third-order valence-corrected chi connectivity index (χ3v) is 3.46. The Bertz CT molecular complexity index is 742. The lowest BCUT2D eigenvalue weighted by Gasteiger charge is -2.14. The van der Waals surface area contributed by atoms with Gasteiger partial charge in [-0.05, 0) is 55.6 Å². The van der Waals surface area contributed by atoms with Crippen molar-refractivity contribution in [2.75, 3.05) is 12.5 Å². The Kier molecular flexibility index (Phi) is 3.06. The highest BCUT2D eigenvalue weighted by atomic mass is 16.5. The molecule has 4 nitrogen and oxygen atoms in total. The second-order valence-electron chi connectivity index (χ2n) is 4.81. The summed E-state index contributed by atoms with van der Waals surface area (Å²) in [4.78, 5) is 4.45. The van der Waals surface area contributed by atoms with Crippen LogP contribution in [0.2, 0.25) is 0 Å². The molecule has 0 unspecified atom stereocenters. The van der Waals surface area contributed by atoms with Gasteiger partial charge >= 0.3 is 0 Å². The topological polar surface area (TPSA) is 39.1 Å². The Balaban J connectivity index is 2.08. The van der Waals surface area contributed by atoms with Crippen LogP contribution in [0.25, 0.3) is 10.8 Å². The van der Waals surface area contributed by atoms with Crippen LogP contribution in [0.1, 0.15) is 11.4 Å². The van der Waals surface area contributed by atoms with Crippen LogP contribution in [-0.4, -0.2) is 16.8 Å². The Labute approximate surface area is 118 Å². The second kappa shape index (κ2) is 4.89. The number of hydrogen-bond acceptors (Lipinski definition) is 3. The monoisotopic (exact) mass is 267 g/mol. The van der Waals surface area contributed by atoms with Gasteiger partial charge in [-0.2, -0.15) is 0 Å². The molecule has 102 valence electrons. The van der Waals surface area contributed by atoms with E-state index in [1.165, 1.54) is 0 Å². The molecule has 0 saturated heterocycles. The molecule has 2 heterocycles. The van der Waals surface area contributed by atoms with Gasteiger partial charge in [0.15, 0.2) is 5.82 Å². The number of pyridine rings is 1. The molecule has 0 saturated carbocycles. The van der Waals surface area contributed by atoms with Crippen LogP contribution in [0.3, 0.4) is 0 Å². The molecular weight excluding hydrogens is 250 g/mol. The predicted octanol–water partition coefficient (Wildman–Crippen LogP) is 3.54. The van der Waals surface area contributed by atoms with Crippen LogP contribution in [0, 0.1) is 13.8 Å². The molecule has 1 aromatic carbocycles. The number of fused-ring (bicyclic) bond motifs is 1. The van der Waals surface area contributed by atoms with Crippen molar-refractivity contribution in [3.05, 3.63) is 54.0 Å². The Morgan fingerprint density at radius 2 is 1.80 bits per heavy atom. The predicted molar refractivity (Wildman–Crippen MR) is 81.2 cm³/mol. The van der Waals surface area contributed by atoms with E-state index in [1.54, 1.807) is 13.3 Å². The zero-order valence-electron chi connectivity index (χ0n) is 11.8. The third-order valence-electron chi connectivity index (χ3n) is 3.46. The van der Waals surface area contributed by atoms with Crippen molar-refractivity contribution in [3.8, 4) is 5.75 Å². The summed E-state index contributed by atoms with van der Waals surface area (Å²) >= 11 is 0. The smallest absolute Gasteiger partial charge is 0.152 e. The maximum Gasteiger partial charge on any atom is 0.152 e. The van der Waals surface area contributed by atoms with E-state index in [9.17, 15) is 0 Å². The molecule has 0 aliphatic rings. The lowest BCUT2D eigenvalue weighted by molar-refractivity contribution is 0.415. The number of methoxy groups -OCH3 is 1. The first kappa shape index (κ1) is 12.5. The lowest BCUT2D eigenvalue weighted by atomic mass is 10.1. The van der Waals surface area contributed by atoms with E-state index in [-0.39, 0.29) is 0 Å². The van der Waals surface area contributed by atoms with Crippen molar-refractivity contribution in [3.63, 3.8) is 0 Å². The van der Waals surface area contributed by atoms with Crippen LogP contribution < -0.4 is 10.2 Å². The fraction of sp³-hybridized carbons (Fsp3) is 0.188. The largest absolute Gasteiger partial charge is 0.497 e. The van der Waals surface area contributed by atoms with E-state index in [2.05, 4.69) is 36.4 Å². The lowest BCUT2D eigenvalue weighted by Crippen LogP contribution is -2.13. The van der Waals surface area contributed by atoms with E-state index in [1.807, 2.05) is 28.9 Å². The van der Waals surface area contributed by atoms with Crippen molar-refractivity contribution < 1.29 is 4.74 Å². The summed E-state index contributed by atoms with van der Waals surface area (Å²) in [6.45, 7) is 4.13. The molecule has 2 aromatic heterocycles. The normalized spacial score (nSPS) is 10.8. The van der Waals surface area contributed by atoms with E-state index >= 15 is 0 Å². The van der Waals surface area contributed by atoms with Crippen molar-refractivity contribution in [2.24, 2.45) is 0 Å². The first-order valence-corrected chi connectivity index (χ1v) is 6.54. The number of nitrogens with zero attached hydrogens (tertiary/aromatic N) is 2. The Hall–Kier alpha value is -2.49. The summed E-state index contributed by atoms with van der Waals surface area (Å²) in [5.74, 6) is 1.69. The second-order valence-corrected chi connectivity index (χ2v) is 4.81. The van der Waals surface area contributed by atoms with Crippen molar-refractivity contribution in [2.45, 2.75) is 13.8 Å². The molecule has 0 radical (unpaired) electrons. The minimum atomic E-state index is 0.840. The summed E-state index contributed by atoms with van der Waals surface area (Å²) < 4.78 is 7.29. The van der Waals surface area contributed by atoms with Crippen molar-refractivity contribution in [1.29, 1.82) is 0 Å². The first-order chi connectivity index (χ1) is 9.69.